The molecule has 0 saturated carbocycles. The maximum atomic E-state index is 12.2. The Morgan fingerprint density at radius 3 is 2.58 bits per heavy atom. The Balaban J connectivity index is 1.49. The number of rotatable bonds is 3. The van der Waals surface area contributed by atoms with E-state index in [-0.39, 0.29) is 18.1 Å². The van der Waals surface area contributed by atoms with Gasteiger partial charge >= 0.3 is 6.03 Å². The van der Waals surface area contributed by atoms with Gasteiger partial charge in [-0.05, 0) is 24.8 Å². The molecule has 0 aromatic heterocycles. The topological polar surface area (TPSA) is 41.6 Å². The second-order valence-electron chi connectivity index (χ2n) is 5.30. The van der Waals surface area contributed by atoms with E-state index in [0.717, 1.165) is 19.3 Å². The van der Waals surface area contributed by atoms with E-state index in [2.05, 4.69) is 17.4 Å². The molecular weight excluding hydrogens is 240 g/mol. The lowest BCUT2D eigenvalue weighted by molar-refractivity contribution is 0.00645. The lowest BCUT2D eigenvalue weighted by Crippen LogP contribution is -2.53. The number of morpholine rings is 1. The quantitative estimate of drug-likeness (QED) is 0.900. The Kier molecular flexibility index (Phi) is 3.69. The molecule has 19 heavy (non-hydrogen) atoms. The zero-order chi connectivity index (χ0) is 13.1. The highest BCUT2D eigenvalue weighted by Gasteiger charge is 2.40. The Bertz CT molecular complexity index is 419. The molecule has 102 valence electrons. The van der Waals surface area contributed by atoms with E-state index in [1.54, 1.807) is 0 Å². The number of hydrogen-bond donors (Lipinski definition) is 1. The summed E-state index contributed by atoms with van der Waals surface area (Å²) >= 11 is 0. The highest BCUT2D eigenvalue weighted by atomic mass is 16.5. The number of benzene rings is 1. The van der Waals surface area contributed by atoms with Crippen molar-refractivity contribution in [3.8, 4) is 0 Å². The van der Waals surface area contributed by atoms with Crippen LogP contribution in [0.5, 0.6) is 0 Å². The van der Waals surface area contributed by atoms with Crippen LogP contribution in [0.4, 0.5) is 4.79 Å². The Morgan fingerprint density at radius 1 is 1.21 bits per heavy atom. The number of fused-ring (bicyclic) bond motifs is 2. The zero-order valence-corrected chi connectivity index (χ0v) is 11.0. The van der Waals surface area contributed by atoms with Crippen LogP contribution in [-0.4, -0.2) is 42.8 Å². The van der Waals surface area contributed by atoms with Crippen LogP contribution in [0, 0.1) is 0 Å². The smallest absolute Gasteiger partial charge is 0.318 e. The van der Waals surface area contributed by atoms with Gasteiger partial charge in [0, 0.05) is 6.54 Å². The van der Waals surface area contributed by atoms with Crippen LogP contribution in [0.25, 0.3) is 0 Å². The first-order valence-corrected chi connectivity index (χ1v) is 7.02. The van der Waals surface area contributed by atoms with Crippen molar-refractivity contribution in [3.05, 3.63) is 35.9 Å². The van der Waals surface area contributed by atoms with E-state index < -0.39 is 0 Å². The van der Waals surface area contributed by atoms with E-state index in [1.165, 1.54) is 5.56 Å². The van der Waals surface area contributed by atoms with Crippen LogP contribution >= 0.6 is 0 Å². The maximum absolute atomic E-state index is 12.2. The summed E-state index contributed by atoms with van der Waals surface area (Å²) in [6, 6.07) is 10.9. The third kappa shape index (κ3) is 2.73. The molecule has 1 aromatic carbocycles. The maximum Gasteiger partial charge on any atom is 0.318 e. The second-order valence-corrected chi connectivity index (χ2v) is 5.30. The van der Waals surface area contributed by atoms with Crippen molar-refractivity contribution in [1.29, 1.82) is 0 Å². The molecule has 2 saturated heterocycles. The molecule has 2 bridgehead atoms. The van der Waals surface area contributed by atoms with Crippen LogP contribution in [-0.2, 0) is 11.2 Å². The first-order chi connectivity index (χ1) is 9.34. The molecule has 0 spiro atoms. The molecule has 2 amide bonds. The number of urea groups is 1. The molecule has 1 N–H and O–H groups in total. The Hall–Kier alpha value is -1.55. The van der Waals surface area contributed by atoms with Gasteiger partial charge in [-0.15, -0.1) is 0 Å². The predicted molar refractivity (Wildman–Crippen MR) is 73.0 cm³/mol. The van der Waals surface area contributed by atoms with Crippen molar-refractivity contribution >= 4 is 6.03 Å². The van der Waals surface area contributed by atoms with Gasteiger partial charge in [-0.3, -0.25) is 0 Å². The van der Waals surface area contributed by atoms with Crippen molar-refractivity contribution in [2.24, 2.45) is 0 Å². The molecule has 2 aliphatic heterocycles. The predicted octanol–water partition coefficient (Wildman–Crippen LogP) is 1.80. The molecule has 2 heterocycles. The second kappa shape index (κ2) is 5.61. The number of nitrogens with zero attached hydrogens (tertiary/aromatic N) is 1. The van der Waals surface area contributed by atoms with Gasteiger partial charge in [0.15, 0.2) is 0 Å². The third-order valence-corrected chi connectivity index (χ3v) is 4.01. The molecule has 2 fully saturated rings. The van der Waals surface area contributed by atoms with E-state index >= 15 is 0 Å². The van der Waals surface area contributed by atoms with Crippen molar-refractivity contribution in [2.75, 3.05) is 19.8 Å². The minimum atomic E-state index is 0.0757. The van der Waals surface area contributed by atoms with Gasteiger partial charge in [0.1, 0.15) is 0 Å². The number of hydrogen-bond acceptors (Lipinski definition) is 2. The van der Waals surface area contributed by atoms with Gasteiger partial charge in [0.2, 0.25) is 0 Å². The third-order valence-electron chi connectivity index (χ3n) is 4.01. The number of carbonyl (C=O) groups is 1. The fraction of sp³-hybridized carbons (Fsp3) is 0.533. The van der Waals surface area contributed by atoms with E-state index in [9.17, 15) is 4.79 Å². The van der Waals surface area contributed by atoms with Crippen molar-refractivity contribution < 1.29 is 9.53 Å². The summed E-state index contributed by atoms with van der Waals surface area (Å²) in [5, 5.41) is 3.03. The van der Waals surface area contributed by atoms with Crippen LogP contribution in [0.3, 0.4) is 0 Å². The largest absolute Gasteiger partial charge is 0.377 e. The number of amides is 2. The summed E-state index contributed by atoms with van der Waals surface area (Å²) in [6.45, 7) is 2.09. The summed E-state index contributed by atoms with van der Waals surface area (Å²) in [4.78, 5) is 14.2. The molecule has 2 atom stereocenters. The monoisotopic (exact) mass is 260 g/mol. The summed E-state index contributed by atoms with van der Waals surface area (Å²) < 4.78 is 5.49. The van der Waals surface area contributed by atoms with Gasteiger partial charge in [-0.1, -0.05) is 30.3 Å². The van der Waals surface area contributed by atoms with Gasteiger partial charge in [-0.2, -0.15) is 0 Å². The minimum absolute atomic E-state index is 0.0757. The highest BCUT2D eigenvalue weighted by Crippen LogP contribution is 2.28. The van der Waals surface area contributed by atoms with Crippen LogP contribution in [0.1, 0.15) is 18.4 Å². The van der Waals surface area contributed by atoms with E-state index in [4.69, 9.17) is 4.74 Å². The average molecular weight is 260 g/mol. The molecule has 0 radical (unpaired) electrons. The molecule has 3 rings (SSSR count). The normalized spacial score (nSPS) is 25.4. The molecule has 4 heteroatoms. The number of carbonyl (C=O) groups excluding carboxylic acids is 1. The van der Waals surface area contributed by atoms with E-state index in [1.807, 2.05) is 23.1 Å². The van der Waals surface area contributed by atoms with Crippen LogP contribution in [0.2, 0.25) is 0 Å². The Morgan fingerprint density at radius 2 is 1.89 bits per heavy atom. The van der Waals surface area contributed by atoms with Gasteiger partial charge in [0.25, 0.3) is 0 Å². The van der Waals surface area contributed by atoms with Crippen molar-refractivity contribution in [1.82, 2.24) is 10.2 Å². The Labute approximate surface area is 113 Å². The molecular formula is C15H20N2O2. The average Bonchev–Trinajstić information content (AvgIpc) is 2.70. The van der Waals surface area contributed by atoms with E-state index in [0.29, 0.717) is 19.8 Å². The summed E-state index contributed by atoms with van der Waals surface area (Å²) in [5.41, 5.74) is 1.26. The lowest BCUT2D eigenvalue weighted by Gasteiger charge is -2.34. The van der Waals surface area contributed by atoms with Crippen LogP contribution in [0.15, 0.2) is 30.3 Å². The summed E-state index contributed by atoms with van der Waals surface area (Å²) in [6.07, 6.45) is 3.04. The standard InChI is InChI=1S/C15H20N2O2/c18-15(16-9-8-12-4-2-1-3-5-12)17-13-6-7-14(17)11-19-10-13/h1-5,13-14H,6-11H2,(H,16,18)/t13-,14+. The first-order valence-electron chi connectivity index (χ1n) is 7.02. The summed E-state index contributed by atoms with van der Waals surface area (Å²) in [5.74, 6) is 0. The van der Waals surface area contributed by atoms with Crippen molar-refractivity contribution in [3.63, 3.8) is 0 Å². The van der Waals surface area contributed by atoms with Gasteiger partial charge < -0.3 is 15.0 Å². The molecule has 0 unspecified atom stereocenters. The first kappa shape index (κ1) is 12.5. The van der Waals surface area contributed by atoms with Gasteiger partial charge in [-0.25, -0.2) is 4.79 Å². The fourth-order valence-corrected chi connectivity index (χ4v) is 3.01. The number of ether oxygens (including phenoxy) is 1. The highest BCUT2D eigenvalue weighted by molar-refractivity contribution is 5.75. The molecule has 0 aliphatic carbocycles. The molecule has 1 aromatic rings. The zero-order valence-electron chi connectivity index (χ0n) is 11.0. The molecule has 2 aliphatic rings. The minimum Gasteiger partial charge on any atom is -0.377 e. The number of nitrogens with one attached hydrogen (secondary N) is 1. The fourth-order valence-electron chi connectivity index (χ4n) is 3.01. The van der Waals surface area contributed by atoms with Gasteiger partial charge in [0.05, 0.1) is 25.3 Å². The molecule has 4 nitrogen and oxygen atoms in total. The van der Waals surface area contributed by atoms with Crippen molar-refractivity contribution in [2.45, 2.75) is 31.3 Å². The summed E-state index contributed by atoms with van der Waals surface area (Å²) in [7, 11) is 0. The SMILES string of the molecule is O=C(NCCc1ccccc1)N1[C@@H]2CC[C@H]1COC2. The lowest BCUT2D eigenvalue weighted by atomic mass is 10.1. The van der Waals surface area contributed by atoms with Crippen LogP contribution < -0.4 is 5.32 Å².